The Bertz CT molecular complexity index is 2130. The molecule has 0 aliphatic carbocycles. The van der Waals surface area contributed by atoms with Crippen LogP contribution in [0.1, 0.15) is 68.1 Å². The predicted molar refractivity (Wildman–Crippen MR) is 156 cm³/mol. The van der Waals surface area contributed by atoms with Gasteiger partial charge >= 0.3 is 0 Å². The van der Waals surface area contributed by atoms with E-state index in [-0.39, 0.29) is 28.4 Å². The van der Waals surface area contributed by atoms with E-state index in [0.717, 1.165) is 16.3 Å². The van der Waals surface area contributed by atoms with Crippen molar-refractivity contribution in [2.45, 2.75) is 60.1 Å². The highest BCUT2D eigenvalue weighted by Crippen LogP contribution is 2.41. The highest BCUT2D eigenvalue weighted by atomic mass is 16.3. The molecule has 4 aromatic carbocycles. The molecule has 0 atom stereocenters. The monoisotopic (exact) mass is 494 g/mol. The molecule has 2 heterocycles. The lowest BCUT2D eigenvalue weighted by atomic mass is 9.81. The van der Waals surface area contributed by atoms with E-state index in [1.807, 2.05) is 65.0 Å². The van der Waals surface area contributed by atoms with E-state index >= 15 is 0 Å². The van der Waals surface area contributed by atoms with Crippen LogP contribution in [0.25, 0.3) is 54.9 Å². The molecule has 6 aromatic rings. The topological polar surface area (TPSA) is 38.9 Å². The lowest BCUT2D eigenvalue weighted by molar-refractivity contribution is 0.596. The summed E-state index contributed by atoms with van der Waals surface area (Å²) in [6, 6.07) is 18.1. The van der Waals surface area contributed by atoms with Gasteiger partial charge in [-0.2, -0.15) is 4.98 Å². The molecule has 0 radical (unpaired) electrons. The molecule has 0 spiro atoms. The second kappa shape index (κ2) is 8.41. The molecular weight excluding hydrogens is 452 g/mol. The van der Waals surface area contributed by atoms with Crippen molar-refractivity contribution in [2.24, 2.45) is 5.92 Å². The average molecular weight is 495 g/mol. The third-order valence-electron chi connectivity index (χ3n) is 6.84. The number of fused-ring (bicyclic) bond motifs is 6. The Morgan fingerprint density at radius 1 is 0.892 bits per heavy atom. The molecule has 0 N–H and O–H groups in total. The van der Waals surface area contributed by atoms with E-state index in [0.29, 0.717) is 43.9 Å². The predicted octanol–water partition coefficient (Wildman–Crippen LogP) is 9.46. The van der Waals surface area contributed by atoms with Crippen LogP contribution < -0.4 is 0 Å². The summed E-state index contributed by atoms with van der Waals surface area (Å²) in [5, 5.41) is 4.24. The molecule has 0 unspecified atom stereocenters. The summed E-state index contributed by atoms with van der Waals surface area (Å²) in [6.45, 7) is 4.95. The minimum atomic E-state index is -2.61. The third-order valence-corrected chi connectivity index (χ3v) is 6.84. The van der Waals surface area contributed by atoms with Gasteiger partial charge in [-0.05, 0) is 76.9 Å². The SMILES string of the molecule is [2H]C([2H])([2H])c1ccc2cc(-c3nc(C([2H])([2H])[2H])nc4oc5c6cccc(C([2H])([2H])C(C)C)c6ccc5c34)cc(C(C)(C)C)c2c1. The van der Waals surface area contributed by atoms with Crippen LogP contribution in [0.5, 0.6) is 0 Å². The fourth-order valence-corrected chi connectivity index (χ4v) is 5.25. The van der Waals surface area contributed by atoms with Gasteiger partial charge < -0.3 is 4.42 Å². The maximum Gasteiger partial charge on any atom is 0.231 e. The Hall–Kier alpha value is -3.72. The second-order valence-corrected chi connectivity index (χ2v) is 11.0. The van der Waals surface area contributed by atoms with Crippen molar-refractivity contribution in [3.05, 3.63) is 83.2 Å². The van der Waals surface area contributed by atoms with Crippen LogP contribution in [0.4, 0.5) is 0 Å². The van der Waals surface area contributed by atoms with E-state index in [9.17, 15) is 0 Å². The first-order valence-electron chi connectivity index (χ1n) is 16.5. The number of hydrogen-bond acceptors (Lipinski definition) is 3. The highest BCUT2D eigenvalue weighted by Gasteiger charge is 2.22. The zero-order valence-electron chi connectivity index (χ0n) is 29.7. The largest absolute Gasteiger partial charge is 0.437 e. The van der Waals surface area contributed by atoms with Gasteiger partial charge in [-0.25, -0.2) is 4.98 Å². The molecule has 0 fully saturated rings. The molecule has 3 heteroatoms. The summed E-state index contributed by atoms with van der Waals surface area (Å²) in [5.41, 5.74) is 2.94. The lowest BCUT2D eigenvalue weighted by Crippen LogP contribution is -2.12. The number of nitrogens with zero attached hydrogens (tertiary/aromatic N) is 2. The van der Waals surface area contributed by atoms with Crippen LogP contribution in [-0.2, 0) is 11.8 Å². The second-order valence-electron chi connectivity index (χ2n) is 11.0. The molecule has 6 rings (SSSR count). The van der Waals surface area contributed by atoms with Crippen LogP contribution in [0.2, 0.25) is 0 Å². The van der Waals surface area contributed by atoms with Gasteiger partial charge in [0.05, 0.1) is 11.1 Å². The van der Waals surface area contributed by atoms with Gasteiger partial charge in [0.1, 0.15) is 11.4 Å². The minimum Gasteiger partial charge on any atom is -0.437 e. The van der Waals surface area contributed by atoms with E-state index in [2.05, 4.69) is 9.97 Å². The van der Waals surface area contributed by atoms with Crippen molar-refractivity contribution in [3.8, 4) is 11.3 Å². The van der Waals surface area contributed by atoms with Gasteiger partial charge in [0.2, 0.25) is 5.71 Å². The first-order chi connectivity index (χ1) is 20.8. The third kappa shape index (κ3) is 3.98. The summed E-state index contributed by atoms with van der Waals surface area (Å²) >= 11 is 0. The maximum atomic E-state index is 8.77. The molecule has 0 aliphatic heterocycles. The van der Waals surface area contributed by atoms with Gasteiger partial charge in [-0.3, -0.25) is 0 Å². The summed E-state index contributed by atoms with van der Waals surface area (Å²) in [6.07, 6.45) is -1.59. The number of rotatable bonds is 3. The summed E-state index contributed by atoms with van der Waals surface area (Å²) in [7, 11) is 0. The standard InChI is InChI=1S/C34H34N2O/c1-19(2)15-22-9-8-10-26-25(22)13-14-27-30-31(35-21(4)36-33(30)37-32(26)27)24-17-23-12-11-20(3)16-28(23)29(18-24)34(5,6)7/h8-14,16-19H,15H2,1-7H3/i3D3,4D3,15D2. The Kier molecular flexibility index (Phi) is 3.68. The molecule has 37 heavy (non-hydrogen) atoms. The number of benzene rings is 4. The van der Waals surface area contributed by atoms with Crippen LogP contribution >= 0.6 is 0 Å². The van der Waals surface area contributed by atoms with Gasteiger partial charge in [0.15, 0.2) is 0 Å². The number of aryl methyl sites for hydroxylation is 2. The smallest absolute Gasteiger partial charge is 0.231 e. The molecular formula is C34H34N2O. The quantitative estimate of drug-likeness (QED) is 0.246. The number of aromatic nitrogens is 2. The van der Waals surface area contributed by atoms with Gasteiger partial charge in [-0.15, -0.1) is 0 Å². The van der Waals surface area contributed by atoms with Crippen molar-refractivity contribution in [1.82, 2.24) is 9.97 Å². The first-order valence-corrected chi connectivity index (χ1v) is 12.5. The van der Waals surface area contributed by atoms with E-state index in [1.165, 1.54) is 0 Å². The average Bonchev–Trinajstić information content (AvgIpc) is 3.33. The Morgan fingerprint density at radius 2 is 1.73 bits per heavy atom. The molecule has 0 saturated carbocycles. The summed E-state index contributed by atoms with van der Waals surface area (Å²) in [4.78, 5) is 9.00. The molecule has 0 amide bonds. The van der Waals surface area contributed by atoms with Gasteiger partial charge in [0, 0.05) is 27.3 Å². The normalized spacial score (nSPS) is 16.8. The number of furan rings is 1. The van der Waals surface area contributed by atoms with Crippen molar-refractivity contribution >= 4 is 43.6 Å². The van der Waals surface area contributed by atoms with Crippen LogP contribution in [0.15, 0.2) is 65.1 Å². The van der Waals surface area contributed by atoms with Crippen LogP contribution in [-0.4, -0.2) is 9.97 Å². The zero-order chi connectivity index (χ0) is 32.9. The lowest BCUT2D eigenvalue weighted by Gasteiger charge is -2.23. The Balaban J connectivity index is 1.72. The van der Waals surface area contributed by atoms with Crippen LogP contribution in [0.3, 0.4) is 0 Å². The minimum absolute atomic E-state index is 0.126. The van der Waals surface area contributed by atoms with Gasteiger partial charge in [-0.1, -0.05) is 82.6 Å². The summed E-state index contributed by atoms with van der Waals surface area (Å²) < 4.78 is 72.1. The van der Waals surface area contributed by atoms with E-state index < -0.39 is 20.1 Å². The van der Waals surface area contributed by atoms with Crippen molar-refractivity contribution in [2.75, 3.05) is 0 Å². The summed E-state index contributed by atoms with van der Waals surface area (Å²) in [5.74, 6) is -0.616. The fraction of sp³-hybridized carbons (Fsp3) is 0.294. The number of hydrogen-bond donors (Lipinski definition) is 0. The molecule has 0 bridgehead atoms. The van der Waals surface area contributed by atoms with Crippen molar-refractivity contribution in [1.29, 1.82) is 0 Å². The fourth-order valence-electron chi connectivity index (χ4n) is 5.25. The van der Waals surface area contributed by atoms with E-state index in [1.54, 1.807) is 30.3 Å². The Morgan fingerprint density at radius 3 is 2.49 bits per heavy atom. The zero-order valence-corrected chi connectivity index (χ0v) is 21.7. The van der Waals surface area contributed by atoms with Gasteiger partial charge in [0.25, 0.3) is 0 Å². The van der Waals surface area contributed by atoms with Crippen molar-refractivity contribution in [3.63, 3.8) is 0 Å². The van der Waals surface area contributed by atoms with Crippen LogP contribution in [0, 0.1) is 19.6 Å². The molecule has 3 nitrogen and oxygen atoms in total. The molecule has 0 saturated heterocycles. The van der Waals surface area contributed by atoms with Crippen molar-refractivity contribution < 1.29 is 15.4 Å². The molecule has 2 aromatic heterocycles. The highest BCUT2D eigenvalue weighted by molar-refractivity contribution is 6.18. The maximum absolute atomic E-state index is 8.77. The molecule has 0 aliphatic rings. The first kappa shape index (κ1) is 16.2. The Labute approximate surface area is 229 Å². The molecule has 186 valence electrons. The van der Waals surface area contributed by atoms with E-state index in [4.69, 9.17) is 15.4 Å².